The van der Waals surface area contributed by atoms with Gasteiger partial charge in [-0.05, 0) is 44.4 Å². The Balaban J connectivity index is 1.84. The molecule has 0 unspecified atom stereocenters. The first-order chi connectivity index (χ1) is 14.2. The van der Waals surface area contributed by atoms with Crippen molar-refractivity contribution in [2.24, 2.45) is 7.05 Å². The van der Waals surface area contributed by atoms with Gasteiger partial charge in [-0.1, -0.05) is 30.0 Å². The number of thioether (sulfide) groups is 1. The maximum atomic E-state index is 13.1. The highest BCUT2D eigenvalue weighted by Gasteiger charge is 2.17. The summed E-state index contributed by atoms with van der Waals surface area (Å²) < 4.78 is 1.45. The van der Waals surface area contributed by atoms with E-state index >= 15 is 0 Å². The molecule has 9 heteroatoms. The topological polar surface area (TPSA) is 93.1 Å². The van der Waals surface area contributed by atoms with E-state index in [1.165, 1.54) is 21.5 Å². The number of urea groups is 1. The summed E-state index contributed by atoms with van der Waals surface area (Å²) in [7, 11) is 1.64. The molecular formula is C21H24N4O3S2. The summed E-state index contributed by atoms with van der Waals surface area (Å²) in [5.74, 6) is -0.471. The summed E-state index contributed by atoms with van der Waals surface area (Å²) in [6.45, 7) is 7.71. The number of hydrogen-bond donors (Lipinski definition) is 2. The van der Waals surface area contributed by atoms with E-state index in [9.17, 15) is 14.4 Å². The fraction of sp³-hybridized carbons (Fsp3) is 0.333. The number of nitrogens with zero attached hydrogens (tertiary/aromatic N) is 2. The van der Waals surface area contributed by atoms with Crippen molar-refractivity contribution in [3.63, 3.8) is 0 Å². The first-order valence-corrected chi connectivity index (χ1v) is 11.3. The lowest BCUT2D eigenvalue weighted by Gasteiger charge is -2.10. The summed E-state index contributed by atoms with van der Waals surface area (Å²) >= 11 is 2.53. The van der Waals surface area contributed by atoms with Gasteiger partial charge in [0.15, 0.2) is 5.16 Å². The van der Waals surface area contributed by atoms with Gasteiger partial charge in [-0.25, -0.2) is 9.78 Å². The van der Waals surface area contributed by atoms with Gasteiger partial charge in [0.25, 0.3) is 5.56 Å². The number of aryl methyl sites for hydroxylation is 2. The van der Waals surface area contributed by atoms with Crippen LogP contribution in [-0.2, 0) is 11.8 Å². The summed E-state index contributed by atoms with van der Waals surface area (Å²) in [6.07, 6.45) is 0. The molecule has 158 valence electrons. The minimum Gasteiger partial charge on any atom is -0.336 e. The Morgan fingerprint density at radius 3 is 2.63 bits per heavy atom. The Bertz CT molecular complexity index is 1180. The number of aromatic nitrogens is 2. The van der Waals surface area contributed by atoms with Crippen molar-refractivity contribution in [2.75, 3.05) is 5.75 Å². The third-order valence-electron chi connectivity index (χ3n) is 4.60. The van der Waals surface area contributed by atoms with Crippen LogP contribution in [0.4, 0.5) is 4.79 Å². The van der Waals surface area contributed by atoms with E-state index in [4.69, 9.17) is 0 Å². The van der Waals surface area contributed by atoms with Gasteiger partial charge < -0.3 is 5.32 Å². The summed E-state index contributed by atoms with van der Waals surface area (Å²) in [4.78, 5) is 41.9. The maximum absolute atomic E-state index is 13.1. The van der Waals surface area contributed by atoms with E-state index in [-0.39, 0.29) is 17.4 Å². The molecule has 0 saturated heterocycles. The highest BCUT2D eigenvalue weighted by molar-refractivity contribution is 7.99. The second-order valence-corrected chi connectivity index (χ2v) is 9.15. The lowest BCUT2D eigenvalue weighted by Crippen LogP contribution is -2.43. The second-order valence-electron chi connectivity index (χ2n) is 7.35. The summed E-state index contributed by atoms with van der Waals surface area (Å²) in [5.41, 5.74) is 4.06. The number of fused-ring (bicyclic) bond motifs is 1. The summed E-state index contributed by atoms with van der Waals surface area (Å²) in [6, 6.07) is 5.53. The molecule has 0 saturated carbocycles. The number of rotatable bonds is 5. The van der Waals surface area contributed by atoms with Crippen LogP contribution in [0.1, 0.15) is 25.0 Å². The molecular weight excluding hydrogens is 420 g/mol. The van der Waals surface area contributed by atoms with Crippen LogP contribution in [0.2, 0.25) is 0 Å². The fourth-order valence-corrected chi connectivity index (χ4v) is 4.65. The number of nitrogens with one attached hydrogen (secondary N) is 2. The van der Waals surface area contributed by atoms with E-state index in [0.29, 0.717) is 15.4 Å². The average molecular weight is 445 g/mol. The van der Waals surface area contributed by atoms with Gasteiger partial charge in [-0.15, -0.1) is 11.3 Å². The number of amides is 3. The monoisotopic (exact) mass is 444 g/mol. The molecule has 0 bridgehead atoms. The van der Waals surface area contributed by atoms with Crippen LogP contribution >= 0.6 is 23.1 Å². The molecule has 3 aromatic rings. The van der Waals surface area contributed by atoms with Crippen molar-refractivity contribution < 1.29 is 9.59 Å². The molecule has 0 atom stereocenters. The molecule has 2 heterocycles. The third kappa shape index (κ3) is 4.73. The molecule has 3 amide bonds. The normalized spacial score (nSPS) is 11.1. The van der Waals surface area contributed by atoms with E-state index in [1.807, 2.05) is 24.4 Å². The molecule has 3 rings (SSSR count). The number of benzene rings is 1. The zero-order valence-electron chi connectivity index (χ0n) is 17.5. The predicted octanol–water partition coefficient (Wildman–Crippen LogP) is 3.61. The summed E-state index contributed by atoms with van der Waals surface area (Å²) in [5, 5.41) is 7.81. The largest absolute Gasteiger partial charge is 0.336 e. The van der Waals surface area contributed by atoms with Crippen molar-refractivity contribution in [3.05, 3.63) is 45.1 Å². The molecule has 2 aromatic heterocycles. The SMILES string of the molecule is Cc1ccc(-c2csc3nc(SCC(=O)NC(=O)NC(C)C)n(C)c(=O)c23)cc1C. The molecule has 0 spiro atoms. The Morgan fingerprint density at radius 2 is 1.97 bits per heavy atom. The maximum Gasteiger partial charge on any atom is 0.321 e. The predicted molar refractivity (Wildman–Crippen MR) is 122 cm³/mol. The van der Waals surface area contributed by atoms with Gasteiger partial charge in [-0.3, -0.25) is 19.5 Å². The zero-order chi connectivity index (χ0) is 22.0. The minimum atomic E-state index is -0.538. The Morgan fingerprint density at radius 1 is 1.23 bits per heavy atom. The highest BCUT2D eigenvalue weighted by atomic mass is 32.2. The third-order valence-corrected chi connectivity index (χ3v) is 6.50. The lowest BCUT2D eigenvalue weighted by molar-refractivity contribution is -0.117. The smallest absolute Gasteiger partial charge is 0.321 e. The minimum absolute atomic E-state index is 0.0211. The Labute approximate surface area is 182 Å². The fourth-order valence-electron chi connectivity index (χ4n) is 2.89. The molecule has 30 heavy (non-hydrogen) atoms. The van der Waals surface area contributed by atoms with Crippen LogP contribution in [-0.4, -0.2) is 33.3 Å². The number of hydrogen-bond acceptors (Lipinski definition) is 6. The number of imide groups is 1. The molecule has 0 aliphatic rings. The molecule has 1 aromatic carbocycles. The Kier molecular flexibility index (Phi) is 6.62. The van der Waals surface area contributed by atoms with Crippen LogP contribution in [0.3, 0.4) is 0 Å². The van der Waals surface area contributed by atoms with Gasteiger partial charge in [-0.2, -0.15) is 0 Å². The van der Waals surface area contributed by atoms with E-state index < -0.39 is 11.9 Å². The van der Waals surface area contributed by atoms with Crippen LogP contribution in [0, 0.1) is 13.8 Å². The quantitative estimate of drug-likeness (QED) is 0.463. The molecule has 0 aliphatic carbocycles. The van der Waals surface area contributed by atoms with Crippen LogP contribution in [0.25, 0.3) is 21.3 Å². The van der Waals surface area contributed by atoms with E-state index in [0.717, 1.165) is 28.5 Å². The first kappa shape index (κ1) is 22.0. The molecule has 7 nitrogen and oxygen atoms in total. The van der Waals surface area contributed by atoms with Crippen molar-refractivity contribution >= 4 is 45.3 Å². The highest BCUT2D eigenvalue weighted by Crippen LogP contribution is 2.32. The van der Waals surface area contributed by atoms with Crippen LogP contribution in [0.15, 0.2) is 33.5 Å². The van der Waals surface area contributed by atoms with E-state index in [2.05, 4.69) is 28.6 Å². The van der Waals surface area contributed by atoms with Crippen LogP contribution < -0.4 is 16.2 Å². The van der Waals surface area contributed by atoms with Crippen molar-refractivity contribution in [2.45, 2.75) is 38.9 Å². The molecule has 0 fully saturated rings. The lowest BCUT2D eigenvalue weighted by atomic mass is 10.0. The van der Waals surface area contributed by atoms with Crippen molar-refractivity contribution in [1.29, 1.82) is 0 Å². The first-order valence-electron chi connectivity index (χ1n) is 9.46. The number of thiophene rings is 1. The van der Waals surface area contributed by atoms with Crippen molar-refractivity contribution in [1.82, 2.24) is 20.2 Å². The number of carbonyl (C=O) groups is 2. The molecule has 2 N–H and O–H groups in total. The van der Waals surface area contributed by atoms with Crippen molar-refractivity contribution in [3.8, 4) is 11.1 Å². The molecule has 0 radical (unpaired) electrons. The second kappa shape index (κ2) is 9.01. The zero-order valence-corrected chi connectivity index (χ0v) is 19.2. The van der Waals surface area contributed by atoms with Gasteiger partial charge in [0.05, 0.1) is 11.1 Å². The van der Waals surface area contributed by atoms with E-state index in [1.54, 1.807) is 20.9 Å². The molecule has 0 aliphatic heterocycles. The van der Waals surface area contributed by atoms with Gasteiger partial charge in [0.2, 0.25) is 5.91 Å². The average Bonchev–Trinajstić information content (AvgIpc) is 3.09. The van der Waals surface area contributed by atoms with Gasteiger partial charge in [0.1, 0.15) is 4.83 Å². The Hall–Kier alpha value is -2.65. The van der Waals surface area contributed by atoms with Gasteiger partial charge >= 0.3 is 6.03 Å². The number of carbonyl (C=O) groups excluding carboxylic acids is 2. The van der Waals surface area contributed by atoms with Gasteiger partial charge in [0, 0.05) is 24.0 Å². The standard InChI is InChI=1S/C21H24N4O3S2/c1-11(2)22-20(28)23-16(26)10-30-21-24-18-17(19(27)25(21)5)15(9-29-18)14-7-6-12(3)13(4)8-14/h6-9,11H,10H2,1-5H3,(H2,22,23,26,28). The van der Waals surface area contributed by atoms with Crippen LogP contribution in [0.5, 0.6) is 0 Å².